The summed E-state index contributed by atoms with van der Waals surface area (Å²) in [7, 11) is 0. The number of carbonyl (C=O) groups excluding carboxylic acids is 2. The van der Waals surface area contributed by atoms with Gasteiger partial charge in [0.05, 0.1) is 5.56 Å². The van der Waals surface area contributed by atoms with Crippen LogP contribution in [0.15, 0.2) is 77.3 Å². The number of phenols is 1. The first kappa shape index (κ1) is 20.9. The van der Waals surface area contributed by atoms with Crippen LogP contribution in [-0.4, -0.2) is 23.0 Å². The van der Waals surface area contributed by atoms with Crippen LogP contribution in [0.2, 0.25) is 5.02 Å². The van der Waals surface area contributed by atoms with E-state index in [9.17, 15) is 14.7 Å². The van der Waals surface area contributed by atoms with Gasteiger partial charge >= 0.3 is 0 Å². The minimum Gasteiger partial charge on any atom is -0.507 e. The van der Waals surface area contributed by atoms with Crippen molar-refractivity contribution < 1.29 is 14.7 Å². The van der Waals surface area contributed by atoms with Crippen molar-refractivity contribution in [3.63, 3.8) is 0 Å². The Morgan fingerprint density at radius 3 is 2.38 bits per heavy atom. The van der Waals surface area contributed by atoms with Gasteiger partial charge < -0.3 is 15.7 Å². The largest absolute Gasteiger partial charge is 0.507 e. The third-order valence-electron chi connectivity index (χ3n) is 4.22. The second-order valence-electron chi connectivity index (χ2n) is 6.37. The van der Waals surface area contributed by atoms with E-state index in [0.29, 0.717) is 10.7 Å². The molecule has 0 fully saturated rings. The van der Waals surface area contributed by atoms with Gasteiger partial charge in [0, 0.05) is 21.6 Å². The summed E-state index contributed by atoms with van der Waals surface area (Å²) in [5.41, 5.74) is 1.50. The molecule has 3 rings (SSSR count). The topological polar surface area (TPSA) is 78.4 Å². The molecule has 0 bridgehead atoms. The van der Waals surface area contributed by atoms with Gasteiger partial charge in [0.1, 0.15) is 11.8 Å². The third-order valence-corrected chi connectivity index (χ3v) is 4.98. The molecule has 29 heavy (non-hydrogen) atoms. The Balaban J connectivity index is 1.81. The molecule has 2 amide bonds. The fraction of sp³-hybridized carbons (Fsp3) is 0.0909. The number of benzene rings is 3. The Bertz CT molecular complexity index is 1010. The standard InChI is InChI=1S/C22H18BrClN2O3/c23-15-6-9-17(10-7-15)25-22(29)19(12-14-4-2-1-3-5-14)26-21(28)18-13-16(24)8-11-20(18)27/h1-11,13,19,27H,12H2,(H,25,29)(H,26,28)/t19-/m0/s1. The molecule has 3 N–H and O–H groups in total. The number of halogens is 2. The van der Waals surface area contributed by atoms with Crippen molar-refractivity contribution in [2.24, 2.45) is 0 Å². The van der Waals surface area contributed by atoms with Crippen LogP contribution in [-0.2, 0) is 11.2 Å². The van der Waals surface area contributed by atoms with Crippen LogP contribution < -0.4 is 10.6 Å². The van der Waals surface area contributed by atoms with E-state index in [4.69, 9.17) is 11.6 Å². The summed E-state index contributed by atoms with van der Waals surface area (Å²) in [6.07, 6.45) is 0.288. The van der Waals surface area contributed by atoms with Gasteiger partial charge in [-0.3, -0.25) is 9.59 Å². The predicted molar refractivity (Wildman–Crippen MR) is 117 cm³/mol. The highest BCUT2D eigenvalue weighted by molar-refractivity contribution is 9.10. The fourth-order valence-corrected chi connectivity index (χ4v) is 3.18. The Hall–Kier alpha value is -2.83. The summed E-state index contributed by atoms with van der Waals surface area (Å²) in [4.78, 5) is 25.6. The average molecular weight is 474 g/mol. The summed E-state index contributed by atoms with van der Waals surface area (Å²) < 4.78 is 0.890. The van der Waals surface area contributed by atoms with Gasteiger partial charge in [-0.25, -0.2) is 0 Å². The highest BCUT2D eigenvalue weighted by atomic mass is 79.9. The number of hydrogen-bond acceptors (Lipinski definition) is 3. The summed E-state index contributed by atoms with van der Waals surface area (Å²) in [6.45, 7) is 0. The first-order valence-corrected chi connectivity index (χ1v) is 9.99. The highest BCUT2D eigenvalue weighted by Crippen LogP contribution is 2.22. The summed E-state index contributed by atoms with van der Waals surface area (Å²) in [5, 5.41) is 15.8. The van der Waals surface area contributed by atoms with Gasteiger partial charge in [-0.15, -0.1) is 0 Å². The van der Waals surface area contributed by atoms with Gasteiger partial charge in [-0.05, 0) is 48.0 Å². The van der Waals surface area contributed by atoms with Crippen molar-refractivity contribution in [2.45, 2.75) is 12.5 Å². The third kappa shape index (κ3) is 5.82. The zero-order chi connectivity index (χ0) is 20.8. The first-order chi connectivity index (χ1) is 13.9. The predicted octanol–water partition coefficient (Wildman–Crippen LogP) is 4.79. The molecular weight excluding hydrogens is 456 g/mol. The molecule has 7 heteroatoms. The number of amides is 2. The fourth-order valence-electron chi connectivity index (χ4n) is 2.75. The number of hydrogen-bond donors (Lipinski definition) is 3. The van der Waals surface area contributed by atoms with Crippen LogP contribution >= 0.6 is 27.5 Å². The van der Waals surface area contributed by atoms with Gasteiger partial charge in [0.2, 0.25) is 5.91 Å². The number of rotatable bonds is 6. The molecule has 1 atom stereocenters. The summed E-state index contributed by atoms with van der Waals surface area (Å²) in [5.74, 6) is -1.17. The lowest BCUT2D eigenvalue weighted by molar-refractivity contribution is -0.118. The molecule has 0 aliphatic carbocycles. The lowest BCUT2D eigenvalue weighted by Crippen LogP contribution is -2.45. The van der Waals surface area contributed by atoms with Crippen LogP contribution in [0.4, 0.5) is 5.69 Å². The lowest BCUT2D eigenvalue weighted by atomic mass is 10.0. The van der Waals surface area contributed by atoms with E-state index >= 15 is 0 Å². The van der Waals surface area contributed by atoms with Gasteiger partial charge in [-0.2, -0.15) is 0 Å². The number of anilines is 1. The Morgan fingerprint density at radius 2 is 1.69 bits per heavy atom. The van der Waals surface area contributed by atoms with Gasteiger partial charge in [-0.1, -0.05) is 57.9 Å². The summed E-state index contributed by atoms with van der Waals surface area (Å²) >= 11 is 9.29. The SMILES string of the molecule is O=C(N[C@@H](Cc1ccccc1)C(=O)Nc1ccc(Br)cc1)c1cc(Cl)ccc1O. The maximum absolute atomic E-state index is 12.9. The van der Waals surface area contributed by atoms with E-state index in [1.165, 1.54) is 18.2 Å². The molecule has 0 aliphatic rings. The van der Waals surface area contributed by atoms with Gasteiger partial charge in [0.25, 0.3) is 5.91 Å². The zero-order valence-corrected chi connectivity index (χ0v) is 17.6. The van der Waals surface area contributed by atoms with Crippen molar-refractivity contribution in [1.29, 1.82) is 0 Å². The minimum absolute atomic E-state index is 0.00648. The Labute approximate surface area is 181 Å². The molecule has 3 aromatic carbocycles. The normalized spacial score (nSPS) is 11.5. The molecule has 0 radical (unpaired) electrons. The Kier molecular flexibility index (Phi) is 6.90. The van der Waals surface area contributed by atoms with Crippen molar-refractivity contribution in [1.82, 2.24) is 5.32 Å². The molecule has 0 spiro atoms. The van der Waals surface area contributed by atoms with E-state index in [0.717, 1.165) is 10.0 Å². The number of aromatic hydroxyl groups is 1. The highest BCUT2D eigenvalue weighted by Gasteiger charge is 2.23. The molecule has 0 saturated carbocycles. The maximum Gasteiger partial charge on any atom is 0.255 e. The second-order valence-corrected chi connectivity index (χ2v) is 7.73. The quantitative estimate of drug-likeness (QED) is 0.482. The van der Waals surface area contributed by atoms with Crippen molar-refractivity contribution >= 4 is 45.0 Å². The molecule has 0 aliphatic heterocycles. The Morgan fingerprint density at radius 1 is 1.00 bits per heavy atom. The molecule has 0 heterocycles. The zero-order valence-electron chi connectivity index (χ0n) is 15.2. The molecule has 0 aromatic heterocycles. The van der Waals surface area contributed by atoms with E-state index in [1.807, 2.05) is 42.5 Å². The minimum atomic E-state index is -0.855. The number of carbonyl (C=O) groups is 2. The molecule has 3 aromatic rings. The van der Waals surface area contributed by atoms with Crippen molar-refractivity contribution in [3.05, 3.63) is 93.4 Å². The maximum atomic E-state index is 12.9. The lowest BCUT2D eigenvalue weighted by Gasteiger charge is -2.19. The molecule has 0 unspecified atom stereocenters. The molecule has 0 saturated heterocycles. The first-order valence-electron chi connectivity index (χ1n) is 8.82. The van der Waals surface area contributed by atoms with Crippen molar-refractivity contribution in [3.8, 4) is 5.75 Å². The van der Waals surface area contributed by atoms with E-state index < -0.39 is 11.9 Å². The molecular formula is C22H18BrClN2O3. The van der Waals surface area contributed by atoms with Crippen molar-refractivity contribution in [2.75, 3.05) is 5.32 Å². The smallest absolute Gasteiger partial charge is 0.255 e. The monoisotopic (exact) mass is 472 g/mol. The summed E-state index contributed by atoms with van der Waals surface area (Å²) in [6, 6.07) is 19.8. The average Bonchev–Trinajstić information content (AvgIpc) is 2.71. The molecule has 5 nitrogen and oxygen atoms in total. The number of nitrogens with one attached hydrogen (secondary N) is 2. The van der Waals surface area contributed by atoms with Crippen LogP contribution in [0.1, 0.15) is 15.9 Å². The van der Waals surface area contributed by atoms with Crippen LogP contribution in [0, 0.1) is 0 Å². The van der Waals surface area contributed by atoms with Gasteiger partial charge in [0.15, 0.2) is 0 Å². The van der Waals surface area contributed by atoms with Crippen LogP contribution in [0.5, 0.6) is 5.75 Å². The van der Waals surface area contributed by atoms with E-state index in [2.05, 4.69) is 26.6 Å². The second kappa shape index (κ2) is 9.58. The van der Waals surface area contributed by atoms with Crippen LogP contribution in [0.3, 0.4) is 0 Å². The van der Waals surface area contributed by atoms with E-state index in [-0.39, 0.29) is 23.6 Å². The van der Waals surface area contributed by atoms with Crippen LogP contribution in [0.25, 0.3) is 0 Å². The molecule has 148 valence electrons. The van der Waals surface area contributed by atoms with E-state index in [1.54, 1.807) is 12.1 Å². The number of phenolic OH excluding ortho intramolecular Hbond substituents is 1.